The van der Waals surface area contributed by atoms with Gasteiger partial charge in [-0.05, 0) is 31.8 Å². The second-order valence-corrected chi connectivity index (χ2v) is 4.27. The predicted octanol–water partition coefficient (Wildman–Crippen LogP) is -0.449. The molecule has 2 rings (SSSR count). The zero-order chi connectivity index (χ0) is 11.0. The van der Waals surface area contributed by atoms with Crippen LogP contribution in [0.2, 0.25) is 0 Å². The van der Waals surface area contributed by atoms with Gasteiger partial charge in [0.1, 0.15) is 6.04 Å². The van der Waals surface area contributed by atoms with Crippen LogP contribution in [0.15, 0.2) is 0 Å². The molecule has 5 nitrogen and oxygen atoms in total. The second kappa shape index (κ2) is 5.01. The standard InChI is InChI=1S/C10H16N2O3.ClH/c1-5(10(14)15-2)12-9(13)8-6-3-11-4-7(6)8;/h5-8,11H,3-4H2,1-2H3,(H,12,13);1H/t5-,6-,7+,8?;/m0./s1. The van der Waals surface area contributed by atoms with Crippen molar-refractivity contribution in [1.29, 1.82) is 0 Å². The van der Waals surface area contributed by atoms with E-state index in [0.717, 1.165) is 13.1 Å². The van der Waals surface area contributed by atoms with Crippen molar-refractivity contribution in [1.82, 2.24) is 10.6 Å². The molecular weight excluding hydrogens is 232 g/mol. The highest BCUT2D eigenvalue weighted by Gasteiger charge is 2.57. The normalized spacial score (nSPS) is 32.0. The number of rotatable bonds is 3. The van der Waals surface area contributed by atoms with Crippen molar-refractivity contribution in [3.63, 3.8) is 0 Å². The van der Waals surface area contributed by atoms with Crippen LogP contribution in [0, 0.1) is 17.8 Å². The summed E-state index contributed by atoms with van der Waals surface area (Å²) in [4.78, 5) is 22.8. The molecule has 1 amide bonds. The zero-order valence-corrected chi connectivity index (χ0v) is 10.2. The Labute approximate surface area is 101 Å². The number of halogens is 1. The molecule has 1 aliphatic carbocycles. The molecule has 1 saturated heterocycles. The van der Waals surface area contributed by atoms with Crippen LogP contribution in [0.25, 0.3) is 0 Å². The van der Waals surface area contributed by atoms with Crippen molar-refractivity contribution in [2.75, 3.05) is 20.2 Å². The number of ether oxygens (including phenoxy) is 1. The quantitative estimate of drug-likeness (QED) is 0.664. The first-order valence-corrected chi connectivity index (χ1v) is 5.24. The number of piperidine rings is 1. The molecule has 16 heavy (non-hydrogen) atoms. The molecule has 0 aromatic heterocycles. The maximum absolute atomic E-state index is 11.7. The smallest absolute Gasteiger partial charge is 0.328 e. The Bertz CT molecular complexity index is 288. The summed E-state index contributed by atoms with van der Waals surface area (Å²) in [6.07, 6.45) is 0. The molecule has 0 aromatic carbocycles. The number of hydrogen-bond acceptors (Lipinski definition) is 4. The van der Waals surface area contributed by atoms with E-state index in [1.54, 1.807) is 6.92 Å². The van der Waals surface area contributed by atoms with Gasteiger partial charge in [-0.1, -0.05) is 0 Å². The summed E-state index contributed by atoms with van der Waals surface area (Å²) in [5.41, 5.74) is 0. The molecule has 0 radical (unpaired) electrons. The van der Waals surface area contributed by atoms with Gasteiger partial charge in [-0.15, -0.1) is 12.4 Å². The van der Waals surface area contributed by atoms with Crippen LogP contribution in [-0.2, 0) is 14.3 Å². The van der Waals surface area contributed by atoms with Crippen molar-refractivity contribution in [3.05, 3.63) is 0 Å². The Kier molecular flexibility index (Phi) is 4.15. The van der Waals surface area contributed by atoms with Crippen LogP contribution in [0.4, 0.5) is 0 Å². The lowest BCUT2D eigenvalue weighted by molar-refractivity contribution is -0.144. The third-order valence-electron chi connectivity index (χ3n) is 3.31. The minimum Gasteiger partial charge on any atom is -0.467 e. The molecule has 2 fully saturated rings. The number of amides is 1. The van der Waals surface area contributed by atoms with Gasteiger partial charge in [0.25, 0.3) is 0 Å². The average molecular weight is 249 g/mol. The first-order valence-electron chi connectivity index (χ1n) is 5.24. The predicted molar refractivity (Wildman–Crippen MR) is 60.2 cm³/mol. The molecule has 0 aromatic rings. The van der Waals surface area contributed by atoms with E-state index in [1.807, 2.05) is 0 Å². The summed E-state index contributed by atoms with van der Waals surface area (Å²) in [6, 6.07) is -0.545. The molecule has 1 heterocycles. The lowest BCUT2D eigenvalue weighted by atomic mass is 10.2. The molecule has 1 unspecified atom stereocenters. The van der Waals surface area contributed by atoms with E-state index in [4.69, 9.17) is 0 Å². The average Bonchev–Trinajstić information content (AvgIpc) is 2.72. The minimum atomic E-state index is -0.545. The Morgan fingerprint density at radius 2 is 1.94 bits per heavy atom. The van der Waals surface area contributed by atoms with Gasteiger partial charge in [0.05, 0.1) is 7.11 Å². The number of fused-ring (bicyclic) bond motifs is 1. The van der Waals surface area contributed by atoms with E-state index >= 15 is 0 Å². The maximum Gasteiger partial charge on any atom is 0.328 e. The number of hydrogen-bond donors (Lipinski definition) is 2. The topological polar surface area (TPSA) is 67.4 Å². The summed E-state index contributed by atoms with van der Waals surface area (Å²) < 4.78 is 4.54. The lowest BCUT2D eigenvalue weighted by Gasteiger charge is -2.12. The van der Waals surface area contributed by atoms with Gasteiger partial charge < -0.3 is 15.4 Å². The van der Waals surface area contributed by atoms with Gasteiger partial charge in [0.2, 0.25) is 5.91 Å². The summed E-state index contributed by atoms with van der Waals surface area (Å²) >= 11 is 0. The van der Waals surface area contributed by atoms with Gasteiger partial charge >= 0.3 is 5.97 Å². The SMILES string of the molecule is COC(=O)[C@H](C)NC(=O)C1[C@H]2CNC[C@@H]12.Cl. The molecule has 2 aliphatic rings. The first-order chi connectivity index (χ1) is 7.15. The second-order valence-electron chi connectivity index (χ2n) is 4.27. The fourth-order valence-electron chi connectivity index (χ4n) is 2.35. The Morgan fingerprint density at radius 3 is 2.44 bits per heavy atom. The fourth-order valence-corrected chi connectivity index (χ4v) is 2.35. The van der Waals surface area contributed by atoms with E-state index in [1.165, 1.54) is 7.11 Å². The van der Waals surface area contributed by atoms with Crippen LogP contribution in [0.5, 0.6) is 0 Å². The third kappa shape index (κ3) is 2.30. The van der Waals surface area contributed by atoms with Crippen molar-refractivity contribution in [2.45, 2.75) is 13.0 Å². The third-order valence-corrected chi connectivity index (χ3v) is 3.31. The number of methoxy groups -OCH3 is 1. The van der Waals surface area contributed by atoms with E-state index < -0.39 is 12.0 Å². The van der Waals surface area contributed by atoms with Crippen molar-refractivity contribution >= 4 is 24.3 Å². The largest absolute Gasteiger partial charge is 0.467 e. The number of esters is 1. The summed E-state index contributed by atoms with van der Waals surface area (Å²) in [5, 5.41) is 5.90. The van der Waals surface area contributed by atoms with E-state index in [9.17, 15) is 9.59 Å². The van der Waals surface area contributed by atoms with E-state index in [-0.39, 0.29) is 24.2 Å². The molecule has 2 N–H and O–H groups in total. The van der Waals surface area contributed by atoms with Crippen LogP contribution in [0.3, 0.4) is 0 Å². The molecular formula is C10H17ClN2O3. The minimum absolute atomic E-state index is 0. The van der Waals surface area contributed by atoms with Crippen LogP contribution < -0.4 is 10.6 Å². The molecule has 92 valence electrons. The van der Waals surface area contributed by atoms with Gasteiger partial charge in [-0.25, -0.2) is 4.79 Å². The van der Waals surface area contributed by atoms with Crippen LogP contribution in [-0.4, -0.2) is 38.1 Å². The molecule has 6 heteroatoms. The van der Waals surface area contributed by atoms with Crippen LogP contribution >= 0.6 is 12.4 Å². The van der Waals surface area contributed by atoms with Gasteiger partial charge in [-0.2, -0.15) is 0 Å². The highest BCUT2D eigenvalue weighted by atomic mass is 35.5. The highest BCUT2D eigenvalue weighted by molar-refractivity contribution is 5.87. The summed E-state index contributed by atoms with van der Waals surface area (Å²) in [7, 11) is 1.32. The first kappa shape index (κ1) is 13.3. The maximum atomic E-state index is 11.7. The lowest BCUT2D eigenvalue weighted by Crippen LogP contribution is -2.41. The van der Waals surface area contributed by atoms with E-state index in [2.05, 4.69) is 15.4 Å². The Morgan fingerprint density at radius 1 is 1.38 bits per heavy atom. The Hall–Kier alpha value is -0.810. The molecule has 0 spiro atoms. The summed E-state index contributed by atoms with van der Waals surface area (Å²) in [6.45, 7) is 3.49. The fraction of sp³-hybridized carbons (Fsp3) is 0.800. The number of nitrogens with one attached hydrogen (secondary N) is 2. The van der Waals surface area contributed by atoms with Crippen LogP contribution in [0.1, 0.15) is 6.92 Å². The number of carbonyl (C=O) groups is 2. The summed E-state index contributed by atoms with van der Waals surface area (Å²) in [5.74, 6) is 0.666. The number of carbonyl (C=O) groups excluding carboxylic acids is 2. The van der Waals surface area contributed by atoms with Crippen molar-refractivity contribution in [2.24, 2.45) is 17.8 Å². The highest BCUT2D eigenvalue weighted by Crippen LogP contribution is 2.48. The molecule has 1 aliphatic heterocycles. The van der Waals surface area contributed by atoms with Gasteiger partial charge in [0, 0.05) is 5.92 Å². The van der Waals surface area contributed by atoms with Crippen molar-refractivity contribution in [3.8, 4) is 0 Å². The van der Waals surface area contributed by atoms with Crippen molar-refractivity contribution < 1.29 is 14.3 Å². The zero-order valence-electron chi connectivity index (χ0n) is 9.36. The van der Waals surface area contributed by atoms with Gasteiger partial charge in [0.15, 0.2) is 0 Å². The molecule has 0 bridgehead atoms. The monoisotopic (exact) mass is 248 g/mol. The Balaban J connectivity index is 0.00000128. The molecule has 4 atom stereocenters. The van der Waals surface area contributed by atoms with Gasteiger partial charge in [-0.3, -0.25) is 4.79 Å². The van der Waals surface area contributed by atoms with E-state index in [0.29, 0.717) is 11.8 Å². The molecule has 1 saturated carbocycles.